The Labute approximate surface area is 122 Å². The minimum Gasteiger partial charge on any atom is -0.380 e. The zero-order valence-corrected chi connectivity index (χ0v) is 13.2. The first-order valence-corrected chi connectivity index (χ1v) is 7.71. The maximum Gasteiger partial charge on any atom is 0.237 e. The van der Waals surface area contributed by atoms with Crippen LogP contribution >= 0.6 is 0 Å². The topological polar surface area (TPSA) is 53.6 Å². The first-order chi connectivity index (χ1) is 9.40. The average Bonchev–Trinajstić information content (AvgIpc) is 2.87. The maximum atomic E-state index is 12.2. The molecule has 2 saturated heterocycles. The fraction of sp³-hybridized carbons (Fsp3) is 0.933. The number of methoxy groups -OCH3 is 1. The molecular weight excluding hydrogens is 254 g/mol. The molecule has 0 radical (unpaired) electrons. The number of ether oxygens (including phenoxy) is 1. The molecule has 2 unspecified atom stereocenters. The number of carbonyl (C=O) groups excluding carboxylic acids is 1. The van der Waals surface area contributed by atoms with Gasteiger partial charge in [-0.15, -0.1) is 0 Å². The van der Waals surface area contributed by atoms with Crippen molar-refractivity contribution < 1.29 is 9.53 Å². The van der Waals surface area contributed by atoms with Crippen LogP contribution in [0.15, 0.2) is 0 Å². The van der Waals surface area contributed by atoms with E-state index in [0.29, 0.717) is 6.04 Å². The first-order valence-electron chi connectivity index (χ1n) is 7.71. The monoisotopic (exact) mass is 283 g/mol. The Balaban J connectivity index is 1.74. The Morgan fingerprint density at radius 1 is 1.30 bits per heavy atom. The molecule has 2 rings (SSSR count). The lowest BCUT2D eigenvalue weighted by molar-refractivity contribution is -0.124. The standard InChI is InChI=1S/C15H29N3O2/c1-15(2,3)18-7-5-11(6-8-18)17-14(19)13-9-12(20-4)10-16-13/h11-13,16H,5-10H2,1-4H3,(H,17,19). The minimum absolute atomic E-state index is 0.0828. The third-order valence-corrected chi connectivity index (χ3v) is 4.53. The van der Waals surface area contributed by atoms with Gasteiger partial charge < -0.3 is 15.4 Å². The Bertz CT molecular complexity index is 333. The highest BCUT2D eigenvalue weighted by Gasteiger charge is 2.32. The lowest BCUT2D eigenvalue weighted by Gasteiger charge is -2.41. The number of piperidine rings is 1. The number of hydrogen-bond acceptors (Lipinski definition) is 4. The van der Waals surface area contributed by atoms with Gasteiger partial charge in [-0.05, 0) is 40.0 Å². The zero-order chi connectivity index (χ0) is 14.8. The molecule has 116 valence electrons. The van der Waals surface area contributed by atoms with Crippen molar-refractivity contribution in [3.8, 4) is 0 Å². The van der Waals surface area contributed by atoms with Crippen molar-refractivity contribution in [3.63, 3.8) is 0 Å². The molecule has 2 fully saturated rings. The van der Waals surface area contributed by atoms with Crippen LogP contribution < -0.4 is 10.6 Å². The van der Waals surface area contributed by atoms with Crippen LogP contribution in [0.2, 0.25) is 0 Å². The predicted octanol–water partition coefficient (Wildman–Crippen LogP) is 0.742. The second-order valence-corrected chi connectivity index (χ2v) is 6.99. The normalized spacial score (nSPS) is 29.6. The Morgan fingerprint density at radius 2 is 1.95 bits per heavy atom. The van der Waals surface area contributed by atoms with Crippen molar-refractivity contribution in [1.82, 2.24) is 15.5 Å². The number of nitrogens with zero attached hydrogens (tertiary/aromatic N) is 1. The van der Waals surface area contributed by atoms with E-state index in [2.05, 4.69) is 36.3 Å². The average molecular weight is 283 g/mol. The van der Waals surface area contributed by atoms with Gasteiger partial charge in [-0.1, -0.05) is 0 Å². The largest absolute Gasteiger partial charge is 0.380 e. The van der Waals surface area contributed by atoms with Crippen LogP contribution in [-0.4, -0.2) is 61.3 Å². The van der Waals surface area contributed by atoms with Crippen molar-refractivity contribution >= 4 is 5.91 Å². The number of likely N-dealkylation sites (tertiary alicyclic amines) is 1. The maximum absolute atomic E-state index is 12.2. The summed E-state index contributed by atoms with van der Waals surface area (Å²) in [5.74, 6) is 0.138. The second kappa shape index (κ2) is 6.41. The molecule has 0 saturated carbocycles. The molecule has 0 bridgehead atoms. The van der Waals surface area contributed by atoms with E-state index >= 15 is 0 Å². The molecule has 2 N–H and O–H groups in total. The first kappa shape index (κ1) is 15.7. The number of rotatable bonds is 3. The highest BCUT2D eigenvalue weighted by molar-refractivity contribution is 5.82. The lowest BCUT2D eigenvalue weighted by Crippen LogP contribution is -2.53. The van der Waals surface area contributed by atoms with Gasteiger partial charge >= 0.3 is 0 Å². The molecule has 2 atom stereocenters. The molecule has 5 nitrogen and oxygen atoms in total. The van der Waals surface area contributed by atoms with E-state index in [9.17, 15) is 4.79 Å². The summed E-state index contributed by atoms with van der Waals surface area (Å²) in [5.41, 5.74) is 0.230. The van der Waals surface area contributed by atoms with Crippen molar-refractivity contribution in [2.24, 2.45) is 0 Å². The Kier molecular flexibility index (Phi) is 5.04. The Morgan fingerprint density at radius 3 is 2.45 bits per heavy atom. The molecule has 0 aromatic carbocycles. The summed E-state index contributed by atoms with van der Waals surface area (Å²) < 4.78 is 5.28. The molecule has 0 aromatic heterocycles. The van der Waals surface area contributed by atoms with Crippen LogP contribution in [0.4, 0.5) is 0 Å². The van der Waals surface area contributed by atoms with E-state index in [1.165, 1.54) is 0 Å². The predicted molar refractivity (Wildman–Crippen MR) is 79.7 cm³/mol. The summed E-state index contributed by atoms with van der Waals surface area (Å²) in [6.45, 7) is 9.65. The molecule has 2 heterocycles. The number of hydrogen-bond donors (Lipinski definition) is 2. The van der Waals surface area contributed by atoms with Crippen LogP contribution in [0.3, 0.4) is 0 Å². The molecule has 5 heteroatoms. The van der Waals surface area contributed by atoms with E-state index < -0.39 is 0 Å². The molecule has 2 aliphatic rings. The van der Waals surface area contributed by atoms with E-state index in [-0.39, 0.29) is 23.6 Å². The summed E-state index contributed by atoms with van der Waals surface area (Å²) >= 11 is 0. The molecular formula is C15H29N3O2. The number of carbonyl (C=O) groups is 1. The van der Waals surface area contributed by atoms with Crippen LogP contribution in [-0.2, 0) is 9.53 Å². The van der Waals surface area contributed by atoms with E-state index in [0.717, 1.165) is 38.9 Å². The number of nitrogens with one attached hydrogen (secondary N) is 2. The van der Waals surface area contributed by atoms with Gasteiger partial charge in [0.25, 0.3) is 0 Å². The molecule has 0 spiro atoms. The van der Waals surface area contributed by atoms with Crippen LogP contribution in [0.5, 0.6) is 0 Å². The quantitative estimate of drug-likeness (QED) is 0.802. The van der Waals surface area contributed by atoms with Crippen LogP contribution in [0.25, 0.3) is 0 Å². The second-order valence-electron chi connectivity index (χ2n) is 6.99. The molecule has 2 aliphatic heterocycles. The highest BCUT2D eigenvalue weighted by atomic mass is 16.5. The van der Waals surface area contributed by atoms with Gasteiger partial charge in [0.05, 0.1) is 12.1 Å². The van der Waals surface area contributed by atoms with Gasteiger partial charge in [0.15, 0.2) is 0 Å². The van der Waals surface area contributed by atoms with Gasteiger partial charge in [0.2, 0.25) is 5.91 Å². The fourth-order valence-electron chi connectivity index (χ4n) is 3.08. The third-order valence-electron chi connectivity index (χ3n) is 4.53. The van der Waals surface area contributed by atoms with Gasteiger partial charge in [0.1, 0.15) is 0 Å². The van der Waals surface area contributed by atoms with Gasteiger partial charge in [-0.25, -0.2) is 0 Å². The van der Waals surface area contributed by atoms with Crippen LogP contribution in [0.1, 0.15) is 40.0 Å². The van der Waals surface area contributed by atoms with Crippen molar-refractivity contribution in [1.29, 1.82) is 0 Å². The Hall–Kier alpha value is -0.650. The summed E-state index contributed by atoms with van der Waals surface area (Å²) in [4.78, 5) is 14.7. The van der Waals surface area contributed by atoms with Gasteiger partial charge in [-0.3, -0.25) is 9.69 Å². The third kappa shape index (κ3) is 3.93. The van der Waals surface area contributed by atoms with Crippen molar-refractivity contribution in [2.45, 2.75) is 63.8 Å². The minimum atomic E-state index is -0.0828. The molecule has 20 heavy (non-hydrogen) atoms. The summed E-state index contributed by atoms with van der Waals surface area (Å²) in [6, 6.07) is 0.241. The SMILES string of the molecule is COC1CNC(C(=O)NC2CCN(C(C)(C)C)CC2)C1. The highest BCUT2D eigenvalue weighted by Crippen LogP contribution is 2.20. The zero-order valence-electron chi connectivity index (χ0n) is 13.2. The van der Waals surface area contributed by atoms with Crippen molar-refractivity contribution in [3.05, 3.63) is 0 Å². The fourth-order valence-corrected chi connectivity index (χ4v) is 3.08. The van der Waals surface area contributed by atoms with Gasteiger partial charge in [0, 0.05) is 38.3 Å². The molecule has 1 amide bonds. The molecule has 0 aromatic rings. The van der Waals surface area contributed by atoms with E-state index in [1.54, 1.807) is 7.11 Å². The smallest absolute Gasteiger partial charge is 0.237 e. The van der Waals surface area contributed by atoms with Gasteiger partial charge in [-0.2, -0.15) is 0 Å². The number of amides is 1. The molecule has 0 aliphatic carbocycles. The van der Waals surface area contributed by atoms with Crippen LogP contribution in [0, 0.1) is 0 Å². The summed E-state index contributed by atoms with van der Waals surface area (Å²) in [5, 5.41) is 6.43. The summed E-state index contributed by atoms with van der Waals surface area (Å²) in [7, 11) is 1.70. The van der Waals surface area contributed by atoms with E-state index in [1.807, 2.05) is 0 Å². The van der Waals surface area contributed by atoms with Crippen molar-refractivity contribution in [2.75, 3.05) is 26.7 Å². The lowest BCUT2D eigenvalue weighted by atomic mass is 9.98. The van der Waals surface area contributed by atoms with E-state index in [4.69, 9.17) is 4.74 Å². The summed E-state index contributed by atoms with van der Waals surface area (Å²) in [6.07, 6.45) is 3.05.